The summed E-state index contributed by atoms with van der Waals surface area (Å²) < 4.78 is 4.08. The number of benzene rings is 1. The van der Waals surface area contributed by atoms with Crippen molar-refractivity contribution in [3.63, 3.8) is 0 Å². The molecule has 1 saturated heterocycles. The number of carbonyl (C=O) groups is 1. The van der Waals surface area contributed by atoms with E-state index in [4.69, 9.17) is 5.10 Å². The van der Waals surface area contributed by atoms with Crippen LogP contribution in [0.4, 0.5) is 0 Å². The zero-order chi connectivity index (χ0) is 21.1. The van der Waals surface area contributed by atoms with E-state index in [-0.39, 0.29) is 11.9 Å². The second-order valence-corrected chi connectivity index (χ2v) is 8.11. The van der Waals surface area contributed by atoms with Gasteiger partial charge in [-0.05, 0) is 57.0 Å². The van der Waals surface area contributed by atoms with E-state index in [0.717, 1.165) is 48.4 Å². The van der Waals surface area contributed by atoms with E-state index in [9.17, 15) is 4.79 Å². The average Bonchev–Trinajstić information content (AvgIpc) is 3.19. The molecule has 3 heterocycles. The fraction of sp³-hybridized carbons (Fsp3) is 0.360. The fourth-order valence-electron chi connectivity index (χ4n) is 4.47. The molecule has 156 valence electrons. The Morgan fingerprint density at radius 3 is 2.60 bits per heavy atom. The van der Waals surface area contributed by atoms with Crippen molar-refractivity contribution in [2.24, 2.45) is 7.05 Å². The van der Waals surface area contributed by atoms with Crippen LogP contribution in [0.1, 0.15) is 54.4 Å². The van der Waals surface area contributed by atoms with Gasteiger partial charge in [0, 0.05) is 42.8 Å². The molecule has 1 amide bonds. The summed E-state index contributed by atoms with van der Waals surface area (Å²) in [6.07, 6.45) is 10.1. The van der Waals surface area contributed by atoms with Crippen LogP contribution in [0.15, 0.2) is 54.7 Å². The normalized spacial score (nSPS) is 17.4. The molecule has 1 aliphatic rings. The van der Waals surface area contributed by atoms with Gasteiger partial charge in [-0.3, -0.25) is 4.79 Å². The minimum Gasteiger partial charge on any atom is -0.353 e. The van der Waals surface area contributed by atoms with Gasteiger partial charge in [-0.2, -0.15) is 5.10 Å². The van der Waals surface area contributed by atoms with E-state index >= 15 is 0 Å². The van der Waals surface area contributed by atoms with Crippen molar-refractivity contribution in [1.82, 2.24) is 19.2 Å². The van der Waals surface area contributed by atoms with Crippen LogP contribution in [0.5, 0.6) is 0 Å². The summed E-state index contributed by atoms with van der Waals surface area (Å²) in [6, 6.07) is 14.4. The first kappa shape index (κ1) is 20.2. The van der Waals surface area contributed by atoms with E-state index in [1.807, 2.05) is 52.9 Å². The smallest absolute Gasteiger partial charge is 0.247 e. The van der Waals surface area contributed by atoms with Gasteiger partial charge in [0.15, 0.2) is 0 Å². The maximum absolute atomic E-state index is 13.2. The van der Waals surface area contributed by atoms with Crippen LogP contribution in [-0.4, -0.2) is 31.7 Å². The van der Waals surface area contributed by atoms with Crippen molar-refractivity contribution < 1.29 is 4.79 Å². The highest BCUT2D eigenvalue weighted by Crippen LogP contribution is 2.30. The zero-order valence-electron chi connectivity index (χ0n) is 18.1. The number of aromatic nitrogens is 3. The minimum atomic E-state index is 0.0781. The molecule has 4 rings (SSSR count). The largest absolute Gasteiger partial charge is 0.353 e. The monoisotopic (exact) mass is 402 g/mol. The van der Waals surface area contributed by atoms with Crippen molar-refractivity contribution in [2.45, 2.75) is 45.6 Å². The number of aryl methyl sites for hydroxylation is 2. The molecule has 30 heavy (non-hydrogen) atoms. The van der Waals surface area contributed by atoms with Gasteiger partial charge in [0.05, 0.1) is 17.4 Å². The zero-order valence-corrected chi connectivity index (χ0v) is 18.1. The number of rotatable bonds is 4. The van der Waals surface area contributed by atoms with Gasteiger partial charge in [-0.1, -0.05) is 31.0 Å². The standard InChI is InChI=1S/C25H30N4O/c1-19-22(20(2)29(26-19)21-11-6-4-7-12-21)15-16-25(30)28-18-9-5-8-13-24(28)23-14-10-17-27(23)3/h4,6-7,10-12,14-17,24H,5,8-9,13,18H2,1-3H3/b16-15+. The first-order chi connectivity index (χ1) is 14.6. The van der Waals surface area contributed by atoms with Crippen molar-refractivity contribution in [3.05, 3.63) is 77.4 Å². The molecule has 2 aromatic heterocycles. The van der Waals surface area contributed by atoms with Crippen LogP contribution < -0.4 is 0 Å². The van der Waals surface area contributed by atoms with Gasteiger partial charge in [0.1, 0.15) is 0 Å². The molecule has 0 N–H and O–H groups in total. The molecule has 0 saturated carbocycles. The molecule has 5 heteroatoms. The highest BCUT2D eigenvalue weighted by molar-refractivity contribution is 5.92. The Labute approximate surface area is 178 Å². The molecule has 1 unspecified atom stereocenters. The first-order valence-electron chi connectivity index (χ1n) is 10.8. The van der Waals surface area contributed by atoms with E-state index in [1.165, 1.54) is 12.1 Å². The maximum atomic E-state index is 13.2. The van der Waals surface area contributed by atoms with Gasteiger partial charge in [-0.25, -0.2) is 4.68 Å². The van der Waals surface area contributed by atoms with E-state index in [1.54, 1.807) is 6.08 Å². The second kappa shape index (κ2) is 8.74. The fourth-order valence-corrected chi connectivity index (χ4v) is 4.47. The quantitative estimate of drug-likeness (QED) is 0.577. The van der Waals surface area contributed by atoms with Crippen LogP contribution in [0.25, 0.3) is 11.8 Å². The van der Waals surface area contributed by atoms with Crippen LogP contribution >= 0.6 is 0 Å². The summed E-state index contributed by atoms with van der Waals surface area (Å²) in [6.45, 7) is 4.85. The Hall–Kier alpha value is -3.08. The lowest BCUT2D eigenvalue weighted by Gasteiger charge is -2.29. The third kappa shape index (κ3) is 3.97. The van der Waals surface area contributed by atoms with Crippen LogP contribution in [0.3, 0.4) is 0 Å². The predicted molar refractivity (Wildman–Crippen MR) is 120 cm³/mol. The topological polar surface area (TPSA) is 43.1 Å². The predicted octanol–water partition coefficient (Wildman–Crippen LogP) is 4.98. The molecule has 1 atom stereocenters. The summed E-state index contributed by atoms with van der Waals surface area (Å²) in [7, 11) is 2.06. The third-order valence-corrected chi connectivity index (χ3v) is 6.10. The molecule has 3 aromatic rings. The highest BCUT2D eigenvalue weighted by Gasteiger charge is 2.27. The van der Waals surface area contributed by atoms with Crippen molar-refractivity contribution in [2.75, 3.05) is 6.54 Å². The van der Waals surface area contributed by atoms with Crippen molar-refractivity contribution in [3.8, 4) is 5.69 Å². The van der Waals surface area contributed by atoms with E-state index < -0.39 is 0 Å². The first-order valence-corrected chi connectivity index (χ1v) is 10.8. The Balaban J connectivity index is 1.60. The van der Waals surface area contributed by atoms with Crippen molar-refractivity contribution >= 4 is 12.0 Å². The minimum absolute atomic E-state index is 0.0781. The Bertz CT molecular complexity index is 1040. The van der Waals surface area contributed by atoms with E-state index in [2.05, 4.69) is 36.9 Å². The second-order valence-electron chi connectivity index (χ2n) is 8.11. The number of hydrogen-bond acceptors (Lipinski definition) is 2. The van der Waals surface area contributed by atoms with Gasteiger partial charge < -0.3 is 9.47 Å². The SMILES string of the molecule is Cc1nn(-c2ccccc2)c(C)c1/C=C/C(=O)N1CCCCCC1c1cccn1C. The number of carbonyl (C=O) groups excluding carboxylic acids is 1. The molecule has 1 aromatic carbocycles. The lowest BCUT2D eigenvalue weighted by atomic mass is 10.1. The van der Waals surface area contributed by atoms with Gasteiger partial charge in [0.25, 0.3) is 0 Å². The van der Waals surface area contributed by atoms with Crippen molar-refractivity contribution in [1.29, 1.82) is 0 Å². The number of likely N-dealkylation sites (tertiary alicyclic amines) is 1. The Morgan fingerprint density at radius 1 is 1.07 bits per heavy atom. The molecule has 0 bridgehead atoms. The summed E-state index contributed by atoms with van der Waals surface area (Å²) in [5.41, 5.74) is 5.22. The summed E-state index contributed by atoms with van der Waals surface area (Å²) in [5, 5.41) is 4.69. The van der Waals surface area contributed by atoms with Gasteiger partial charge in [-0.15, -0.1) is 0 Å². The molecular formula is C25H30N4O. The number of nitrogens with zero attached hydrogens (tertiary/aromatic N) is 4. The molecule has 0 radical (unpaired) electrons. The van der Waals surface area contributed by atoms with Gasteiger partial charge in [0.2, 0.25) is 5.91 Å². The number of para-hydroxylation sites is 1. The number of hydrogen-bond donors (Lipinski definition) is 0. The summed E-state index contributed by atoms with van der Waals surface area (Å²) in [4.78, 5) is 15.3. The molecule has 0 aliphatic carbocycles. The molecular weight excluding hydrogens is 372 g/mol. The molecule has 5 nitrogen and oxygen atoms in total. The van der Waals surface area contributed by atoms with Gasteiger partial charge >= 0.3 is 0 Å². The summed E-state index contributed by atoms with van der Waals surface area (Å²) in [5.74, 6) is 0.0781. The van der Waals surface area contributed by atoms with Crippen LogP contribution in [0, 0.1) is 13.8 Å². The lowest BCUT2D eigenvalue weighted by molar-refractivity contribution is -0.128. The van der Waals surface area contributed by atoms with Crippen LogP contribution in [0.2, 0.25) is 0 Å². The maximum Gasteiger partial charge on any atom is 0.247 e. The van der Waals surface area contributed by atoms with Crippen LogP contribution in [-0.2, 0) is 11.8 Å². The molecule has 1 aliphatic heterocycles. The Kier molecular flexibility index (Phi) is 5.88. The Morgan fingerprint density at radius 2 is 1.87 bits per heavy atom. The van der Waals surface area contributed by atoms with E-state index in [0.29, 0.717) is 0 Å². The summed E-state index contributed by atoms with van der Waals surface area (Å²) >= 11 is 0. The highest BCUT2D eigenvalue weighted by atomic mass is 16.2. The average molecular weight is 403 g/mol. The molecule has 1 fully saturated rings. The third-order valence-electron chi connectivity index (χ3n) is 6.10. The molecule has 0 spiro atoms. The lowest BCUT2D eigenvalue weighted by Crippen LogP contribution is -2.34. The number of amides is 1.